The molecular weight excluding hydrogens is 508 g/mol. The van der Waals surface area contributed by atoms with E-state index in [1.54, 1.807) is 0 Å². The number of nitrogens with zero attached hydrogens (tertiary/aromatic N) is 5. The number of methoxy groups -OCH3 is 1. The molecule has 0 aliphatic carbocycles. The van der Waals surface area contributed by atoms with E-state index in [4.69, 9.17) is 4.74 Å². The first-order chi connectivity index (χ1) is 17.0. The Bertz CT molecular complexity index is 1340. The highest BCUT2D eigenvalue weighted by molar-refractivity contribution is 7.89. The van der Waals surface area contributed by atoms with Crippen molar-refractivity contribution < 1.29 is 35.5 Å². The van der Waals surface area contributed by atoms with Gasteiger partial charge >= 0.3 is 6.18 Å². The Morgan fingerprint density at radius 2 is 1.86 bits per heavy atom. The Hall–Kier alpha value is -3.59. The van der Waals surface area contributed by atoms with E-state index >= 15 is 0 Å². The molecule has 1 saturated heterocycles. The lowest BCUT2D eigenvalue weighted by Crippen LogP contribution is -2.45. The lowest BCUT2D eigenvalue weighted by Gasteiger charge is -2.23. The summed E-state index contributed by atoms with van der Waals surface area (Å²) in [6, 6.07) is 3.38. The van der Waals surface area contributed by atoms with Crippen molar-refractivity contribution in [3.05, 3.63) is 60.1 Å². The maximum Gasteiger partial charge on any atom is 0.451 e. The van der Waals surface area contributed by atoms with E-state index < -0.39 is 39.8 Å². The molecule has 192 valence electrons. The summed E-state index contributed by atoms with van der Waals surface area (Å²) in [5, 5.41) is 6.77. The zero-order valence-corrected chi connectivity index (χ0v) is 19.6. The van der Waals surface area contributed by atoms with Crippen LogP contribution in [0.5, 0.6) is 5.88 Å². The third kappa shape index (κ3) is 5.16. The number of carbonyl (C=O) groups excluding carboxylic acids is 1. The van der Waals surface area contributed by atoms with E-state index in [1.807, 2.05) is 0 Å². The molecule has 4 rings (SSSR count). The van der Waals surface area contributed by atoms with Crippen LogP contribution in [0.3, 0.4) is 0 Å². The highest BCUT2D eigenvalue weighted by Crippen LogP contribution is 2.28. The monoisotopic (exact) mass is 528 g/mol. The largest absolute Gasteiger partial charge is 0.480 e. The first kappa shape index (κ1) is 25.5. The lowest BCUT2D eigenvalue weighted by molar-refractivity contribution is -0.145. The van der Waals surface area contributed by atoms with E-state index in [9.17, 15) is 30.8 Å². The number of sulfonamides is 1. The van der Waals surface area contributed by atoms with Crippen LogP contribution in [0.4, 0.5) is 17.6 Å². The van der Waals surface area contributed by atoms with Gasteiger partial charge in [0.25, 0.3) is 0 Å². The van der Waals surface area contributed by atoms with Crippen LogP contribution in [0.15, 0.2) is 47.8 Å². The molecule has 1 aromatic carbocycles. The third-order valence-electron chi connectivity index (χ3n) is 5.48. The summed E-state index contributed by atoms with van der Waals surface area (Å²) in [6.07, 6.45) is -0.608. The van der Waals surface area contributed by atoms with Crippen molar-refractivity contribution in [1.82, 2.24) is 29.4 Å². The van der Waals surface area contributed by atoms with Crippen LogP contribution in [0.2, 0.25) is 0 Å². The number of benzene rings is 1. The molecule has 0 spiro atoms. The summed E-state index contributed by atoms with van der Waals surface area (Å²) in [4.78, 5) is 19.4. The fourth-order valence-electron chi connectivity index (χ4n) is 3.74. The smallest absolute Gasteiger partial charge is 0.451 e. The van der Waals surface area contributed by atoms with Crippen molar-refractivity contribution >= 4 is 15.9 Å². The number of hydrogen-bond acceptors (Lipinski definition) is 7. The Balaban J connectivity index is 1.47. The summed E-state index contributed by atoms with van der Waals surface area (Å²) in [5.74, 6) is -2.33. The zero-order valence-electron chi connectivity index (χ0n) is 18.7. The number of carbonyl (C=O) groups is 1. The first-order valence-electron chi connectivity index (χ1n) is 10.6. The van der Waals surface area contributed by atoms with Gasteiger partial charge in [-0.1, -0.05) is 0 Å². The molecule has 15 heteroatoms. The number of aromatic nitrogens is 4. The molecule has 1 atom stereocenters. The Labute approximate surface area is 203 Å². The Kier molecular flexibility index (Phi) is 6.95. The van der Waals surface area contributed by atoms with E-state index in [0.717, 1.165) is 41.0 Å². The summed E-state index contributed by atoms with van der Waals surface area (Å²) < 4.78 is 84.7. The van der Waals surface area contributed by atoms with Crippen molar-refractivity contribution in [3.8, 4) is 11.6 Å². The number of rotatable bonds is 7. The van der Waals surface area contributed by atoms with Gasteiger partial charge in [-0.15, -0.1) is 5.10 Å². The standard InChI is InChI=1S/C21H20F4N6O4S/c1-35-19-13(12-30(29-19)15-10-27-20(28-11-15)21(23,24)25)9-26-18(32)17-3-2-8-31(17)36(33,34)16-6-4-14(22)5-7-16/h4-7,10-12,17H,2-3,8-9H2,1H3,(H,26,32)/t17-/m0/s1. The third-order valence-corrected chi connectivity index (χ3v) is 7.40. The van der Waals surface area contributed by atoms with Crippen LogP contribution in [0.1, 0.15) is 24.2 Å². The van der Waals surface area contributed by atoms with Crippen LogP contribution in [-0.2, 0) is 27.5 Å². The highest BCUT2D eigenvalue weighted by atomic mass is 32.2. The maximum absolute atomic E-state index is 13.2. The van der Waals surface area contributed by atoms with Gasteiger partial charge in [0.1, 0.15) is 17.5 Å². The number of alkyl halides is 3. The predicted molar refractivity (Wildman–Crippen MR) is 116 cm³/mol. The van der Waals surface area contributed by atoms with Crippen LogP contribution in [0, 0.1) is 5.82 Å². The molecule has 1 aliphatic rings. The fourth-order valence-corrected chi connectivity index (χ4v) is 5.39. The summed E-state index contributed by atoms with van der Waals surface area (Å²) in [5.41, 5.74) is 0.517. The van der Waals surface area contributed by atoms with Gasteiger partial charge in [0, 0.05) is 19.3 Å². The quantitative estimate of drug-likeness (QED) is 0.468. The molecule has 0 bridgehead atoms. The number of nitrogens with one attached hydrogen (secondary N) is 1. The average molecular weight is 528 g/mol. The number of hydrogen-bond donors (Lipinski definition) is 1. The van der Waals surface area contributed by atoms with E-state index in [0.29, 0.717) is 18.4 Å². The molecule has 1 amide bonds. The lowest BCUT2D eigenvalue weighted by atomic mass is 10.2. The summed E-state index contributed by atoms with van der Waals surface area (Å²) >= 11 is 0. The molecule has 36 heavy (non-hydrogen) atoms. The maximum atomic E-state index is 13.2. The number of amides is 1. The van der Waals surface area contributed by atoms with Crippen molar-refractivity contribution in [1.29, 1.82) is 0 Å². The molecule has 2 aromatic heterocycles. The summed E-state index contributed by atoms with van der Waals surface area (Å²) in [7, 11) is -2.69. The van der Waals surface area contributed by atoms with Gasteiger partial charge < -0.3 is 10.1 Å². The van der Waals surface area contributed by atoms with Crippen molar-refractivity contribution in [3.63, 3.8) is 0 Å². The molecule has 10 nitrogen and oxygen atoms in total. The van der Waals surface area contributed by atoms with Gasteiger partial charge in [-0.05, 0) is 37.1 Å². The van der Waals surface area contributed by atoms with E-state index in [2.05, 4.69) is 20.4 Å². The van der Waals surface area contributed by atoms with E-state index in [1.165, 1.54) is 18.0 Å². The molecular formula is C21H20F4N6O4S. The fraction of sp³-hybridized carbons (Fsp3) is 0.333. The predicted octanol–water partition coefficient (Wildman–Crippen LogP) is 2.30. The molecule has 0 unspecified atom stereocenters. The highest BCUT2D eigenvalue weighted by Gasteiger charge is 2.39. The van der Waals surface area contributed by atoms with Gasteiger partial charge in [-0.2, -0.15) is 17.5 Å². The second-order valence-corrected chi connectivity index (χ2v) is 9.71. The van der Waals surface area contributed by atoms with Crippen LogP contribution < -0.4 is 10.1 Å². The van der Waals surface area contributed by atoms with Gasteiger partial charge in [-0.25, -0.2) is 27.5 Å². The minimum atomic E-state index is -4.69. The van der Waals surface area contributed by atoms with Crippen LogP contribution in [-0.4, -0.2) is 58.1 Å². The van der Waals surface area contributed by atoms with E-state index in [-0.39, 0.29) is 29.6 Å². The average Bonchev–Trinajstić information content (AvgIpc) is 3.50. The first-order valence-corrected chi connectivity index (χ1v) is 12.0. The van der Waals surface area contributed by atoms with Crippen molar-refractivity contribution in [2.24, 2.45) is 0 Å². The molecule has 3 heterocycles. The van der Waals surface area contributed by atoms with Crippen LogP contribution >= 0.6 is 0 Å². The van der Waals surface area contributed by atoms with Gasteiger partial charge in [0.05, 0.1) is 30.0 Å². The molecule has 3 aromatic rings. The zero-order chi connectivity index (χ0) is 26.1. The molecule has 0 radical (unpaired) electrons. The summed E-state index contributed by atoms with van der Waals surface area (Å²) in [6.45, 7) is 0.0391. The Morgan fingerprint density at radius 3 is 2.47 bits per heavy atom. The molecule has 0 saturated carbocycles. The second-order valence-electron chi connectivity index (χ2n) is 7.82. The molecule has 1 N–H and O–H groups in total. The van der Waals surface area contributed by atoms with Crippen molar-refractivity contribution in [2.75, 3.05) is 13.7 Å². The minimum absolute atomic E-state index is 0.0928. The molecule has 1 aliphatic heterocycles. The number of ether oxygens (including phenoxy) is 1. The van der Waals surface area contributed by atoms with Gasteiger partial charge in [0.2, 0.25) is 27.6 Å². The minimum Gasteiger partial charge on any atom is -0.480 e. The Morgan fingerprint density at radius 1 is 1.19 bits per heavy atom. The molecule has 1 fully saturated rings. The van der Waals surface area contributed by atoms with Gasteiger partial charge in [0.15, 0.2) is 0 Å². The van der Waals surface area contributed by atoms with Crippen molar-refractivity contribution in [2.45, 2.75) is 36.5 Å². The topological polar surface area (TPSA) is 119 Å². The SMILES string of the molecule is COc1nn(-c2cnc(C(F)(F)F)nc2)cc1CNC(=O)[C@@H]1CCCN1S(=O)(=O)c1ccc(F)cc1. The number of halogens is 4. The van der Waals surface area contributed by atoms with Crippen LogP contribution in [0.25, 0.3) is 5.69 Å². The second kappa shape index (κ2) is 9.81. The van der Waals surface area contributed by atoms with Gasteiger partial charge in [-0.3, -0.25) is 4.79 Å². The normalized spacial score (nSPS) is 16.8.